The van der Waals surface area contributed by atoms with Gasteiger partial charge in [0.05, 0.1) is 0 Å². The van der Waals surface area contributed by atoms with Gasteiger partial charge in [0.15, 0.2) is 5.12 Å². The number of benzene rings is 1. The van der Waals surface area contributed by atoms with E-state index in [1.165, 1.54) is 11.8 Å². The smallest absolute Gasteiger partial charge is 0.185 e. The summed E-state index contributed by atoms with van der Waals surface area (Å²) in [4.78, 5) is 10.7. The molecule has 0 saturated heterocycles. The van der Waals surface area contributed by atoms with Gasteiger partial charge in [0, 0.05) is 30.2 Å². The third-order valence-electron chi connectivity index (χ3n) is 1.79. The van der Waals surface area contributed by atoms with Crippen LogP contribution in [-0.4, -0.2) is 10.9 Å². The molecule has 16 heavy (non-hydrogen) atoms. The van der Waals surface area contributed by atoms with Gasteiger partial charge in [0.1, 0.15) is 0 Å². The average Bonchev–Trinajstić information content (AvgIpc) is 2.28. The van der Waals surface area contributed by atoms with Crippen LogP contribution in [0.15, 0.2) is 24.3 Å². The van der Waals surface area contributed by atoms with E-state index in [4.69, 9.17) is 6.42 Å². The summed E-state index contributed by atoms with van der Waals surface area (Å²) in [5, 5.41) is 0.135. The van der Waals surface area contributed by atoms with Gasteiger partial charge in [-0.2, -0.15) is 0 Å². The van der Waals surface area contributed by atoms with E-state index in [0.717, 1.165) is 16.9 Å². The monoisotopic (exact) mass is 228 g/mol. The SMILES string of the molecule is C#Cc1cccc(C#CCCSC(C)=O)c1. The van der Waals surface area contributed by atoms with Crippen molar-refractivity contribution in [3.05, 3.63) is 35.4 Å². The van der Waals surface area contributed by atoms with Gasteiger partial charge in [-0.05, 0) is 18.2 Å². The van der Waals surface area contributed by atoms with Crippen molar-refractivity contribution < 1.29 is 4.79 Å². The van der Waals surface area contributed by atoms with E-state index in [9.17, 15) is 4.79 Å². The highest BCUT2D eigenvalue weighted by atomic mass is 32.2. The summed E-state index contributed by atoms with van der Waals surface area (Å²) in [5.41, 5.74) is 1.76. The highest BCUT2D eigenvalue weighted by molar-refractivity contribution is 8.13. The summed E-state index contributed by atoms with van der Waals surface area (Å²) in [6.07, 6.45) is 6.00. The standard InChI is InChI=1S/C14H12OS/c1-3-13-8-6-9-14(11-13)7-4-5-10-16-12(2)15/h1,6,8-9,11H,5,10H2,2H3. The maximum Gasteiger partial charge on any atom is 0.185 e. The Morgan fingerprint density at radius 2 is 2.19 bits per heavy atom. The van der Waals surface area contributed by atoms with Crippen LogP contribution >= 0.6 is 11.8 Å². The molecular weight excluding hydrogens is 216 g/mol. The molecule has 0 bridgehead atoms. The lowest BCUT2D eigenvalue weighted by molar-refractivity contribution is -0.109. The molecule has 0 spiro atoms. The molecule has 0 amide bonds. The minimum absolute atomic E-state index is 0.135. The Morgan fingerprint density at radius 1 is 1.44 bits per heavy atom. The van der Waals surface area contributed by atoms with E-state index in [1.54, 1.807) is 6.92 Å². The fourth-order valence-corrected chi connectivity index (χ4v) is 1.59. The van der Waals surface area contributed by atoms with Gasteiger partial charge in [-0.1, -0.05) is 35.6 Å². The highest BCUT2D eigenvalue weighted by Crippen LogP contribution is 2.04. The van der Waals surface area contributed by atoms with Gasteiger partial charge in [-0.25, -0.2) is 0 Å². The predicted molar refractivity (Wildman–Crippen MR) is 69.0 cm³/mol. The van der Waals surface area contributed by atoms with Crippen LogP contribution in [0.3, 0.4) is 0 Å². The second-order valence-corrected chi connectivity index (χ2v) is 4.39. The molecule has 0 unspecified atom stereocenters. The largest absolute Gasteiger partial charge is 0.288 e. The first kappa shape index (κ1) is 12.4. The summed E-state index contributed by atoms with van der Waals surface area (Å²) in [5.74, 6) is 9.35. The van der Waals surface area contributed by atoms with Gasteiger partial charge in [0.25, 0.3) is 0 Å². The van der Waals surface area contributed by atoms with E-state index < -0.39 is 0 Å². The molecule has 0 aromatic heterocycles. The van der Waals surface area contributed by atoms with Crippen molar-refractivity contribution in [2.24, 2.45) is 0 Å². The summed E-state index contributed by atoms with van der Waals surface area (Å²) in [6, 6.07) is 7.57. The molecule has 0 N–H and O–H groups in total. The molecule has 0 atom stereocenters. The van der Waals surface area contributed by atoms with Gasteiger partial charge in [-0.15, -0.1) is 6.42 Å². The Labute approximate surface area is 101 Å². The normalized spacial score (nSPS) is 8.75. The van der Waals surface area contributed by atoms with E-state index in [0.29, 0.717) is 6.42 Å². The zero-order valence-corrected chi connectivity index (χ0v) is 9.93. The molecule has 80 valence electrons. The van der Waals surface area contributed by atoms with Crippen LogP contribution in [0.2, 0.25) is 0 Å². The fraction of sp³-hybridized carbons (Fsp3) is 0.214. The molecule has 0 radical (unpaired) electrons. The third kappa shape index (κ3) is 4.73. The molecule has 1 nitrogen and oxygen atoms in total. The number of terminal acetylenes is 1. The molecule has 0 saturated carbocycles. The Balaban J connectivity index is 2.50. The van der Waals surface area contributed by atoms with Gasteiger partial charge in [-0.3, -0.25) is 4.79 Å². The van der Waals surface area contributed by atoms with Crippen molar-refractivity contribution in [3.8, 4) is 24.2 Å². The number of hydrogen-bond acceptors (Lipinski definition) is 2. The van der Waals surface area contributed by atoms with Crippen LogP contribution in [0, 0.1) is 24.2 Å². The first-order valence-electron chi connectivity index (χ1n) is 4.91. The maximum atomic E-state index is 10.7. The van der Waals surface area contributed by atoms with Crippen molar-refractivity contribution >= 4 is 16.9 Å². The molecule has 1 aromatic rings. The van der Waals surface area contributed by atoms with Gasteiger partial charge in [0.2, 0.25) is 0 Å². The lowest BCUT2D eigenvalue weighted by Gasteiger charge is -1.92. The molecular formula is C14H12OS. The minimum Gasteiger partial charge on any atom is -0.288 e. The van der Waals surface area contributed by atoms with Crippen LogP contribution in [0.5, 0.6) is 0 Å². The lowest BCUT2D eigenvalue weighted by atomic mass is 10.1. The summed E-state index contributed by atoms with van der Waals surface area (Å²) < 4.78 is 0. The van der Waals surface area contributed by atoms with E-state index in [2.05, 4.69) is 17.8 Å². The molecule has 0 aliphatic carbocycles. The Bertz CT molecular complexity index is 471. The highest BCUT2D eigenvalue weighted by Gasteiger charge is 1.91. The fourth-order valence-electron chi connectivity index (χ4n) is 1.10. The zero-order valence-electron chi connectivity index (χ0n) is 9.12. The first-order chi connectivity index (χ1) is 7.72. The number of carbonyl (C=O) groups is 1. The van der Waals surface area contributed by atoms with E-state index in [1.807, 2.05) is 24.3 Å². The minimum atomic E-state index is 0.135. The van der Waals surface area contributed by atoms with Crippen LogP contribution < -0.4 is 0 Å². The Morgan fingerprint density at radius 3 is 2.88 bits per heavy atom. The molecule has 0 aliphatic heterocycles. The average molecular weight is 228 g/mol. The van der Waals surface area contributed by atoms with E-state index in [-0.39, 0.29) is 5.12 Å². The topological polar surface area (TPSA) is 17.1 Å². The van der Waals surface area contributed by atoms with Crippen LogP contribution in [0.4, 0.5) is 0 Å². The van der Waals surface area contributed by atoms with Gasteiger partial charge < -0.3 is 0 Å². The number of carbonyl (C=O) groups excluding carboxylic acids is 1. The van der Waals surface area contributed by atoms with E-state index >= 15 is 0 Å². The molecule has 0 aliphatic rings. The maximum absolute atomic E-state index is 10.7. The third-order valence-corrected chi connectivity index (χ3v) is 2.61. The number of hydrogen-bond donors (Lipinski definition) is 0. The van der Waals surface area contributed by atoms with Crippen molar-refractivity contribution in [1.82, 2.24) is 0 Å². The first-order valence-corrected chi connectivity index (χ1v) is 5.90. The zero-order chi connectivity index (χ0) is 11.8. The molecule has 1 aromatic carbocycles. The van der Waals surface area contributed by atoms with Crippen LogP contribution in [0.1, 0.15) is 24.5 Å². The molecule has 2 heteroatoms. The second kappa shape index (κ2) is 6.77. The quantitative estimate of drug-likeness (QED) is 0.572. The number of rotatable bonds is 2. The van der Waals surface area contributed by atoms with Crippen LogP contribution in [0.25, 0.3) is 0 Å². The molecule has 0 heterocycles. The molecule has 1 rings (SSSR count). The predicted octanol–water partition coefficient (Wildman–Crippen LogP) is 2.69. The van der Waals surface area contributed by atoms with Crippen LogP contribution in [-0.2, 0) is 4.79 Å². The lowest BCUT2D eigenvalue weighted by Crippen LogP contribution is -1.84. The van der Waals surface area contributed by atoms with Gasteiger partial charge >= 0.3 is 0 Å². The Hall–Kier alpha value is -1.64. The van der Waals surface area contributed by atoms with Crippen molar-refractivity contribution in [3.63, 3.8) is 0 Å². The Kier molecular flexibility index (Phi) is 5.26. The summed E-state index contributed by atoms with van der Waals surface area (Å²) in [7, 11) is 0. The summed E-state index contributed by atoms with van der Waals surface area (Å²) >= 11 is 1.30. The van der Waals surface area contributed by atoms with Crippen molar-refractivity contribution in [1.29, 1.82) is 0 Å². The van der Waals surface area contributed by atoms with Crippen molar-refractivity contribution in [2.45, 2.75) is 13.3 Å². The number of thioether (sulfide) groups is 1. The second-order valence-electron chi connectivity index (χ2n) is 3.12. The molecule has 0 fully saturated rings. The van der Waals surface area contributed by atoms with Crippen molar-refractivity contribution in [2.75, 3.05) is 5.75 Å². The summed E-state index contributed by atoms with van der Waals surface area (Å²) in [6.45, 7) is 1.56.